The van der Waals surface area contributed by atoms with Crippen LogP contribution in [-0.2, 0) is 0 Å². The SMILES string of the molecule is CCNc1ncc2nnn(-c3ccc(OC)cc3)c2n1. The van der Waals surface area contributed by atoms with E-state index in [1.807, 2.05) is 31.2 Å². The molecular weight excluding hydrogens is 256 g/mol. The standard InChI is InChI=1S/C13H14N6O/c1-3-14-13-15-8-11-12(16-13)19(18-17-11)9-4-6-10(20-2)7-5-9/h4-8H,3H2,1-2H3,(H,14,15,16). The van der Waals surface area contributed by atoms with Gasteiger partial charge in [-0.05, 0) is 31.2 Å². The van der Waals surface area contributed by atoms with Crippen LogP contribution in [0.5, 0.6) is 5.75 Å². The van der Waals surface area contributed by atoms with Gasteiger partial charge in [0, 0.05) is 6.54 Å². The second-order valence-electron chi connectivity index (χ2n) is 4.13. The number of fused-ring (bicyclic) bond motifs is 1. The van der Waals surface area contributed by atoms with Crippen molar-refractivity contribution < 1.29 is 4.74 Å². The Balaban J connectivity index is 2.07. The molecule has 0 bridgehead atoms. The minimum absolute atomic E-state index is 0.567. The molecule has 0 unspecified atom stereocenters. The van der Waals surface area contributed by atoms with Crippen molar-refractivity contribution in [3.8, 4) is 11.4 Å². The maximum absolute atomic E-state index is 5.14. The van der Waals surface area contributed by atoms with E-state index in [0.29, 0.717) is 17.1 Å². The van der Waals surface area contributed by atoms with Gasteiger partial charge < -0.3 is 10.1 Å². The Morgan fingerprint density at radius 1 is 1.25 bits per heavy atom. The molecule has 20 heavy (non-hydrogen) atoms. The number of anilines is 1. The van der Waals surface area contributed by atoms with Crippen LogP contribution < -0.4 is 10.1 Å². The third-order valence-electron chi connectivity index (χ3n) is 2.84. The van der Waals surface area contributed by atoms with Crippen LogP contribution in [0.25, 0.3) is 16.9 Å². The highest BCUT2D eigenvalue weighted by molar-refractivity contribution is 5.71. The van der Waals surface area contributed by atoms with Crippen molar-refractivity contribution in [3.63, 3.8) is 0 Å². The summed E-state index contributed by atoms with van der Waals surface area (Å²) in [5, 5.41) is 11.3. The van der Waals surface area contributed by atoms with E-state index in [4.69, 9.17) is 4.74 Å². The fourth-order valence-corrected chi connectivity index (χ4v) is 1.87. The summed E-state index contributed by atoms with van der Waals surface area (Å²) in [4.78, 5) is 8.60. The van der Waals surface area contributed by atoms with Crippen LogP contribution in [0, 0.1) is 0 Å². The second kappa shape index (κ2) is 5.12. The van der Waals surface area contributed by atoms with Gasteiger partial charge in [-0.1, -0.05) is 5.21 Å². The predicted octanol–water partition coefficient (Wildman–Crippen LogP) is 1.65. The van der Waals surface area contributed by atoms with Crippen molar-refractivity contribution in [1.82, 2.24) is 25.0 Å². The summed E-state index contributed by atoms with van der Waals surface area (Å²) < 4.78 is 6.82. The van der Waals surface area contributed by atoms with Gasteiger partial charge in [0.25, 0.3) is 0 Å². The van der Waals surface area contributed by atoms with Crippen molar-refractivity contribution in [3.05, 3.63) is 30.5 Å². The average Bonchev–Trinajstić information content (AvgIpc) is 2.91. The van der Waals surface area contributed by atoms with Crippen molar-refractivity contribution in [2.24, 2.45) is 0 Å². The normalized spacial score (nSPS) is 10.7. The molecule has 0 amide bonds. The third-order valence-corrected chi connectivity index (χ3v) is 2.84. The first-order valence-electron chi connectivity index (χ1n) is 6.28. The smallest absolute Gasteiger partial charge is 0.224 e. The van der Waals surface area contributed by atoms with E-state index in [2.05, 4.69) is 25.6 Å². The highest BCUT2D eigenvalue weighted by Crippen LogP contribution is 2.18. The highest BCUT2D eigenvalue weighted by atomic mass is 16.5. The fourth-order valence-electron chi connectivity index (χ4n) is 1.87. The van der Waals surface area contributed by atoms with Crippen LogP contribution in [0.3, 0.4) is 0 Å². The highest BCUT2D eigenvalue weighted by Gasteiger charge is 2.09. The van der Waals surface area contributed by atoms with Crippen molar-refractivity contribution in [1.29, 1.82) is 0 Å². The zero-order valence-electron chi connectivity index (χ0n) is 11.2. The first-order valence-corrected chi connectivity index (χ1v) is 6.28. The molecular formula is C13H14N6O. The Morgan fingerprint density at radius 2 is 2.05 bits per heavy atom. The van der Waals surface area contributed by atoms with Gasteiger partial charge in [-0.2, -0.15) is 9.67 Å². The van der Waals surface area contributed by atoms with Crippen LogP contribution in [0.4, 0.5) is 5.95 Å². The lowest BCUT2D eigenvalue weighted by molar-refractivity contribution is 0.414. The van der Waals surface area contributed by atoms with E-state index in [1.165, 1.54) is 0 Å². The number of methoxy groups -OCH3 is 1. The van der Waals surface area contributed by atoms with Gasteiger partial charge in [0.15, 0.2) is 11.2 Å². The van der Waals surface area contributed by atoms with Gasteiger partial charge in [0.05, 0.1) is 19.0 Å². The van der Waals surface area contributed by atoms with Crippen LogP contribution in [-0.4, -0.2) is 38.6 Å². The second-order valence-corrected chi connectivity index (χ2v) is 4.13. The molecule has 0 saturated heterocycles. The molecule has 1 aromatic carbocycles. The van der Waals surface area contributed by atoms with E-state index in [-0.39, 0.29) is 0 Å². The summed E-state index contributed by atoms with van der Waals surface area (Å²) in [5.74, 6) is 1.36. The first kappa shape index (κ1) is 12.3. The van der Waals surface area contributed by atoms with Gasteiger partial charge in [0.1, 0.15) is 5.75 Å². The molecule has 0 aliphatic rings. The summed E-state index contributed by atoms with van der Waals surface area (Å²) in [6.07, 6.45) is 1.66. The molecule has 3 rings (SSSR count). The monoisotopic (exact) mass is 270 g/mol. The minimum atomic E-state index is 0.567. The summed E-state index contributed by atoms with van der Waals surface area (Å²) in [5.41, 5.74) is 2.19. The number of rotatable bonds is 4. The van der Waals surface area contributed by atoms with Crippen molar-refractivity contribution in [2.75, 3.05) is 19.0 Å². The van der Waals surface area contributed by atoms with E-state index in [1.54, 1.807) is 18.0 Å². The first-order chi connectivity index (χ1) is 9.81. The zero-order valence-corrected chi connectivity index (χ0v) is 11.2. The molecule has 7 heteroatoms. The van der Waals surface area contributed by atoms with E-state index >= 15 is 0 Å². The maximum atomic E-state index is 5.14. The molecule has 0 fully saturated rings. The molecule has 0 atom stereocenters. The quantitative estimate of drug-likeness (QED) is 0.776. The number of benzene rings is 1. The summed E-state index contributed by atoms with van der Waals surface area (Å²) in [6, 6.07) is 7.55. The molecule has 2 aromatic heterocycles. The lowest BCUT2D eigenvalue weighted by atomic mass is 10.3. The third kappa shape index (κ3) is 2.13. The van der Waals surface area contributed by atoms with Crippen LogP contribution in [0.15, 0.2) is 30.5 Å². The Morgan fingerprint density at radius 3 is 2.75 bits per heavy atom. The Labute approximate surface area is 115 Å². The molecule has 0 aliphatic carbocycles. The average molecular weight is 270 g/mol. The number of nitrogens with one attached hydrogen (secondary N) is 1. The Hall–Kier alpha value is -2.70. The zero-order chi connectivity index (χ0) is 13.9. The number of hydrogen-bond acceptors (Lipinski definition) is 6. The number of nitrogens with zero attached hydrogens (tertiary/aromatic N) is 5. The fraction of sp³-hybridized carbons (Fsp3) is 0.231. The minimum Gasteiger partial charge on any atom is -0.497 e. The van der Waals surface area contributed by atoms with Gasteiger partial charge in [-0.3, -0.25) is 0 Å². The largest absolute Gasteiger partial charge is 0.497 e. The van der Waals surface area contributed by atoms with Gasteiger partial charge >= 0.3 is 0 Å². The molecule has 0 aliphatic heterocycles. The number of hydrogen-bond donors (Lipinski definition) is 1. The molecule has 1 N–H and O–H groups in total. The van der Waals surface area contributed by atoms with E-state index < -0.39 is 0 Å². The van der Waals surface area contributed by atoms with Crippen molar-refractivity contribution >= 4 is 17.1 Å². The summed E-state index contributed by atoms with van der Waals surface area (Å²) >= 11 is 0. The van der Waals surface area contributed by atoms with Crippen LogP contribution in [0.2, 0.25) is 0 Å². The molecule has 2 heterocycles. The van der Waals surface area contributed by atoms with Gasteiger partial charge in [-0.25, -0.2) is 4.98 Å². The topological polar surface area (TPSA) is 77.8 Å². The molecule has 0 radical (unpaired) electrons. The Bertz CT molecular complexity index is 721. The molecule has 3 aromatic rings. The lowest BCUT2D eigenvalue weighted by Crippen LogP contribution is -2.04. The molecule has 7 nitrogen and oxygen atoms in total. The van der Waals surface area contributed by atoms with Crippen LogP contribution in [0.1, 0.15) is 6.92 Å². The Kier molecular flexibility index (Phi) is 3.16. The number of aromatic nitrogens is 5. The van der Waals surface area contributed by atoms with Gasteiger partial charge in [-0.15, -0.1) is 5.10 Å². The predicted molar refractivity (Wildman–Crippen MR) is 75.2 cm³/mol. The van der Waals surface area contributed by atoms with Gasteiger partial charge in [0.2, 0.25) is 5.95 Å². The van der Waals surface area contributed by atoms with Crippen molar-refractivity contribution in [2.45, 2.75) is 6.92 Å². The molecule has 0 spiro atoms. The summed E-state index contributed by atoms with van der Waals surface area (Å²) in [7, 11) is 1.63. The molecule has 0 saturated carbocycles. The van der Waals surface area contributed by atoms with Crippen LogP contribution >= 0.6 is 0 Å². The van der Waals surface area contributed by atoms with E-state index in [9.17, 15) is 0 Å². The number of ether oxygens (including phenoxy) is 1. The van der Waals surface area contributed by atoms with E-state index in [0.717, 1.165) is 18.0 Å². The maximum Gasteiger partial charge on any atom is 0.224 e. The summed E-state index contributed by atoms with van der Waals surface area (Å²) in [6.45, 7) is 2.75. The lowest BCUT2D eigenvalue weighted by Gasteiger charge is -2.04. The molecule has 102 valence electrons.